The number of rotatable bonds is 42. The Hall–Kier alpha value is -2.37. The van der Waals surface area contributed by atoms with Crippen LogP contribution >= 0.6 is 0 Å². The fourth-order valence-corrected chi connectivity index (χ4v) is 6.52. The van der Waals surface area contributed by atoms with Crippen LogP contribution in [0.1, 0.15) is 239 Å². The van der Waals surface area contributed by atoms with E-state index in [1.807, 2.05) is 0 Å². The number of allylic oxidation sites excluding steroid dienone is 6. The summed E-state index contributed by atoms with van der Waals surface area (Å²) in [6, 6.07) is 0. The van der Waals surface area contributed by atoms with Gasteiger partial charge in [-0.05, 0) is 77.0 Å². The van der Waals surface area contributed by atoms with Gasteiger partial charge in [-0.3, -0.25) is 14.4 Å². The summed E-state index contributed by atoms with van der Waals surface area (Å²) in [6.07, 6.45) is 49.8. The van der Waals surface area contributed by atoms with E-state index in [2.05, 4.69) is 57.2 Å². The van der Waals surface area contributed by atoms with Gasteiger partial charge in [-0.15, -0.1) is 0 Å². The normalized spacial score (nSPS) is 12.3. The first-order valence-corrected chi connectivity index (χ1v) is 23.5. The minimum Gasteiger partial charge on any atom is -0.462 e. The summed E-state index contributed by atoms with van der Waals surface area (Å²) in [6.45, 7) is 6.55. The molecule has 0 heterocycles. The Morgan fingerprint density at radius 2 is 0.655 bits per heavy atom. The van der Waals surface area contributed by atoms with Crippen molar-refractivity contribution in [3.8, 4) is 0 Å². The van der Waals surface area contributed by atoms with E-state index in [9.17, 15) is 14.4 Å². The minimum absolute atomic E-state index is 0.0786. The molecule has 1 atom stereocenters. The van der Waals surface area contributed by atoms with Gasteiger partial charge in [-0.2, -0.15) is 0 Å². The predicted molar refractivity (Wildman–Crippen MR) is 233 cm³/mol. The molecule has 0 saturated heterocycles. The van der Waals surface area contributed by atoms with Gasteiger partial charge in [0, 0.05) is 19.3 Å². The van der Waals surface area contributed by atoms with Crippen LogP contribution < -0.4 is 0 Å². The Kier molecular flexibility index (Phi) is 42.4. The van der Waals surface area contributed by atoms with Crippen molar-refractivity contribution in [3.05, 3.63) is 36.5 Å². The van der Waals surface area contributed by atoms with E-state index in [1.165, 1.54) is 109 Å². The molecular formula is C49H88O6. The molecule has 1 unspecified atom stereocenters. The van der Waals surface area contributed by atoms with Gasteiger partial charge < -0.3 is 14.2 Å². The number of unbranched alkanes of at least 4 members (excludes halogenated alkanes) is 25. The second-order valence-electron chi connectivity index (χ2n) is 15.7. The fourth-order valence-electron chi connectivity index (χ4n) is 6.52. The highest BCUT2D eigenvalue weighted by Gasteiger charge is 2.19. The first-order valence-electron chi connectivity index (χ1n) is 23.5. The molecule has 320 valence electrons. The average Bonchev–Trinajstić information content (AvgIpc) is 3.18. The fraction of sp³-hybridized carbons (Fsp3) is 0.816. The van der Waals surface area contributed by atoms with E-state index < -0.39 is 6.10 Å². The lowest BCUT2D eigenvalue weighted by Gasteiger charge is -2.18. The number of carbonyl (C=O) groups excluding carboxylic acids is 3. The molecule has 0 aromatic rings. The molecule has 0 aliphatic carbocycles. The molecule has 0 aliphatic heterocycles. The zero-order valence-corrected chi connectivity index (χ0v) is 36.4. The second kappa shape index (κ2) is 44.3. The van der Waals surface area contributed by atoms with Crippen LogP contribution in [-0.2, 0) is 28.6 Å². The third-order valence-corrected chi connectivity index (χ3v) is 10.1. The molecule has 55 heavy (non-hydrogen) atoms. The minimum atomic E-state index is -0.776. The van der Waals surface area contributed by atoms with Gasteiger partial charge in [0.05, 0.1) is 0 Å². The number of carbonyl (C=O) groups is 3. The smallest absolute Gasteiger partial charge is 0.306 e. The third kappa shape index (κ3) is 42.6. The van der Waals surface area contributed by atoms with E-state index in [4.69, 9.17) is 14.2 Å². The van der Waals surface area contributed by atoms with Crippen LogP contribution in [0.15, 0.2) is 36.5 Å². The summed E-state index contributed by atoms with van der Waals surface area (Å²) in [7, 11) is 0. The first-order chi connectivity index (χ1) is 27.0. The van der Waals surface area contributed by atoms with E-state index >= 15 is 0 Å². The lowest BCUT2D eigenvalue weighted by atomic mass is 10.1. The summed E-state index contributed by atoms with van der Waals surface area (Å²) in [5.74, 6) is -0.903. The molecule has 0 aliphatic rings. The Bertz CT molecular complexity index is 938. The maximum atomic E-state index is 12.7. The van der Waals surface area contributed by atoms with Crippen molar-refractivity contribution in [1.82, 2.24) is 0 Å². The Morgan fingerprint density at radius 3 is 1.05 bits per heavy atom. The van der Waals surface area contributed by atoms with Crippen molar-refractivity contribution in [3.63, 3.8) is 0 Å². The van der Waals surface area contributed by atoms with E-state index in [1.54, 1.807) is 0 Å². The maximum absolute atomic E-state index is 12.7. The van der Waals surface area contributed by atoms with Crippen LogP contribution in [0.4, 0.5) is 0 Å². The largest absolute Gasteiger partial charge is 0.462 e. The van der Waals surface area contributed by atoms with Crippen LogP contribution in [-0.4, -0.2) is 37.2 Å². The van der Waals surface area contributed by atoms with Crippen molar-refractivity contribution >= 4 is 17.9 Å². The summed E-state index contributed by atoms with van der Waals surface area (Å²) in [5.41, 5.74) is 0. The van der Waals surface area contributed by atoms with Crippen molar-refractivity contribution in [2.45, 2.75) is 245 Å². The highest BCUT2D eigenvalue weighted by atomic mass is 16.6. The maximum Gasteiger partial charge on any atom is 0.306 e. The van der Waals surface area contributed by atoms with Gasteiger partial charge >= 0.3 is 17.9 Å². The van der Waals surface area contributed by atoms with Crippen molar-refractivity contribution in [2.75, 3.05) is 13.2 Å². The molecule has 0 bridgehead atoms. The standard InChI is InChI=1S/C49H88O6/c1-4-7-10-13-16-19-21-23-25-27-28-30-33-36-39-42-48(51)54-45-46(44-53-47(50)41-38-35-32-18-15-12-9-6-3)55-49(52)43-40-37-34-31-29-26-24-22-20-17-14-11-8-5-2/h16,19,22-25,46H,4-15,17-18,20-21,26-45H2,1-3H3/b19-16-,24-22-,25-23-. The molecule has 6 heteroatoms. The van der Waals surface area contributed by atoms with Crippen molar-refractivity contribution in [1.29, 1.82) is 0 Å². The molecule has 0 aromatic carbocycles. The topological polar surface area (TPSA) is 78.9 Å². The highest BCUT2D eigenvalue weighted by molar-refractivity contribution is 5.71. The number of hydrogen-bond acceptors (Lipinski definition) is 6. The van der Waals surface area contributed by atoms with Crippen LogP contribution in [0.3, 0.4) is 0 Å². The van der Waals surface area contributed by atoms with Crippen molar-refractivity contribution < 1.29 is 28.6 Å². The number of esters is 3. The highest BCUT2D eigenvalue weighted by Crippen LogP contribution is 2.14. The Labute approximate surface area is 340 Å². The molecular weight excluding hydrogens is 685 g/mol. The quantitative estimate of drug-likeness (QED) is 0.0266. The molecule has 6 nitrogen and oxygen atoms in total. The van der Waals surface area contributed by atoms with E-state index in [-0.39, 0.29) is 31.1 Å². The Balaban J connectivity index is 4.35. The van der Waals surface area contributed by atoms with E-state index in [0.29, 0.717) is 19.3 Å². The third-order valence-electron chi connectivity index (χ3n) is 10.1. The zero-order valence-electron chi connectivity index (χ0n) is 36.4. The lowest BCUT2D eigenvalue weighted by molar-refractivity contribution is -0.167. The Morgan fingerprint density at radius 1 is 0.364 bits per heavy atom. The molecule has 0 rings (SSSR count). The molecule has 0 spiro atoms. The summed E-state index contributed by atoms with van der Waals surface area (Å²) < 4.78 is 16.7. The van der Waals surface area contributed by atoms with Gasteiger partial charge in [0.25, 0.3) is 0 Å². The van der Waals surface area contributed by atoms with Gasteiger partial charge in [-0.25, -0.2) is 0 Å². The summed E-state index contributed by atoms with van der Waals surface area (Å²) >= 11 is 0. The van der Waals surface area contributed by atoms with Crippen LogP contribution in [0.5, 0.6) is 0 Å². The molecule has 0 amide bonds. The summed E-state index contributed by atoms with van der Waals surface area (Å²) in [5, 5.41) is 0. The zero-order chi connectivity index (χ0) is 40.1. The van der Waals surface area contributed by atoms with Gasteiger partial charge in [0.15, 0.2) is 6.10 Å². The second-order valence-corrected chi connectivity index (χ2v) is 15.7. The monoisotopic (exact) mass is 773 g/mol. The van der Waals surface area contributed by atoms with Crippen LogP contribution in [0, 0.1) is 0 Å². The average molecular weight is 773 g/mol. The first kappa shape index (κ1) is 52.6. The van der Waals surface area contributed by atoms with Gasteiger partial charge in [0.1, 0.15) is 13.2 Å². The number of hydrogen-bond donors (Lipinski definition) is 0. The van der Waals surface area contributed by atoms with Crippen molar-refractivity contribution in [2.24, 2.45) is 0 Å². The van der Waals surface area contributed by atoms with Crippen LogP contribution in [0.2, 0.25) is 0 Å². The van der Waals surface area contributed by atoms with E-state index in [0.717, 1.165) is 89.9 Å². The molecule has 0 radical (unpaired) electrons. The lowest BCUT2D eigenvalue weighted by Crippen LogP contribution is -2.30. The predicted octanol–water partition coefficient (Wildman–Crippen LogP) is 15.0. The SMILES string of the molecule is CCCCC/C=C\C/C=C\CCCCCCCC(=O)OCC(COC(=O)CCCCCCCCCC)OC(=O)CCCCCCC/C=C\CCCCCCC. The molecule has 0 aromatic heterocycles. The number of ether oxygens (including phenoxy) is 3. The van der Waals surface area contributed by atoms with Crippen LogP contribution in [0.25, 0.3) is 0 Å². The van der Waals surface area contributed by atoms with Gasteiger partial charge in [0.2, 0.25) is 0 Å². The molecule has 0 fully saturated rings. The molecule has 0 N–H and O–H groups in total. The summed E-state index contributed by atoms with van der Waals surface area (Å²) in [4.78, 5) is 37.7. The van der Waals surface area contributed by atoms with Gasteiger partial charge in [-0.1, -0.05) is 179 Å². The molecule has 0 saturated carbocycles.